The Bertz CT molecular complexity index is 1010. The van der Waals surface area contributed by atoms with E-state index >= 15 is 0 Å². The van der Waals surface area contributed by atoms with Gasteiger partial charge in [-0.1, -0.05) is 42.4 Å². The Morgan fingerprint density at radius 3 is 2.74 bits per heavy atom. The van der Waals surface area contributed by atoms with Gasteiger partial charge in [-0.15, -0.1) is 0 Å². The number of amidine groups is 1. The molecule has 2 aliphatic heterocycles. The zero-order chi connectivity index (χ0) is 22.1. The Balaban J connectivity index is 1.73. The van der Waals surface area contributed by atoms with Crippen LogP contribution in [0.2, 0.25) is 0 Å². The van der Waals surface area contributed by atoms with Crippen LogP contribution in [0.1, 0.15) is 55.3 Å². The van der Waals surface area contributed by atoms with Crippen molar-refractivity contribution in [1.29, 1.82) is 0 Å². The maximum Gasteiger partial charge on any atom is 0.338 e. The fourth-order valence-electron chi connectivity index (χ4n) is 4.07. The molecular formula is C24H29N3O3S. The van der Waals surface area contributed by atoms with Crippen molar-refractivity contribution in [3.63, 3.8) is 0 Å². The van der Waals surface area contributed by atoms with Gasteiger partial charge in [-0.05, 0) is 55.6 Å². The molecule has 3 aliphatic rings. The summed E-state index contributed by atoms with van der Waals surface area (Å²) in [5.41, 5.74) is 5.39. The second-order valence-electron chi connectivity index (χ2n) is 8.38. The highest BCUT2D eigenvalue weighted by Gasteiger charge is 2.42. The minimum atomic E-state index is -0.375. The SMILES string of the molecule is CCC1=C(C(=O)OC)C(c2cc(C)ccc2C)N2C(CC(=O)NCC3CC3)=CSC2=N1. The molecule has 1 aromatic carbocycles. The summed E-state index contributed by atoms with van der Waals surface area (Å²) in [6.07, 6.45) is 3.28. The number of hydrogen-bond acceptors (Lipinski definition) is 6. The molecule has 31 heavy (non-hydrogen) atoms. The van der Waals surface area contributed by atoms with E-state index in [9.17, 15) is 9.59 Å². The van der Waals surface area contributed by atoms with Gasteiger partial charge >= 0.3 is 5.97 Å². The number of methoxy groups -OCH3 is 1. The minimum absolute atomic E-state index is 0.00426. The molecule has 0 radical (unpaired) electrons. The molecule has 4 rings (SSSR count). The molecule has 1 atom stereocenters. The van der Waals surface area contributed by atoms with E-state index in [4.69, 9.17) is 9.73 Å². The van der Waals surface area contributed by atoms with Gasteiger partial charge in [0.2, 0.25) is 5.91 Å². The maximum absolute atomic E-state index is 12.9. The van der Waals surface area contributed by atoms with Crippen LogP contribution in [0, 0.1) is 19.8 Å². The van der Waals surface area contributed by atoms with Crippen LogP contribution >= 0.6 is 11.8 Å². The molecule has 1 amide bonds. The molecule has 2 heterocycles. The minimum Gasteiger partial charge on any atom is -0.466 e. The quantitative estimate of drug-likeness (QED) is 0.639. The molecule has 0 spiro atoms. The molecule has 7 heteroatoms. The molecule has 0 bridgehead atoms. The fourth-order valence-corrected chi connectivity index (χ4v) is 5.01. The summed E-state index contributed by atoms with van der Waals surface area (Å²) in [6, 6.07) is 5.89. The summed E-state index contributed by atoms with van der Waals surface area (Å²) in [7, 11) is 1.41. The van der Waals surface area contributed by atoms with Gasteiger partial charge < -0.3 is 15.0 Å². The predicted octanol–water partition coefficient (Wildman–Crippen LogP) is 4.36. The molecule has 6 nitrogen and oxygen atoms in total. The van der Waals surface area contributed by atoms with Crippen molar-refractivity contribution in [3.05, 3.63) is 57.3 Å². The molecule has 164 valence electrons. The third-order valence-electron chi connectivity index (χ3n) is 5.99. The number of thioether (sulfide) groups is 1. The molecule has 1 saturated carbocycles. The number of rotatable bonds is 7. The van der Waals surface area contributed by atoms with Gasteiger partial charge in [0.15, 0.2) is 5.17 Å². The Morgan fingerprint density at radius 1 is 1.29 bits per heavy atom. The summed E-state index contributed by atoms with van der Waals surface area (Å²) in [5, 5.41) is 5.84. The summed E-state index contributed by atoms with van der Waals surface area (Å²) < 4.78 is 5.18. The first kappa shape index (κ1) is 21.7. The van der Waals surface area contributed by atoms with E-state index in [1.807, 2.05) is 19.3 Å². The van der Waals surface area contributed by atoms with Crippen LogP contribution in [0.15, 0.2) is 45.6 Å². The van der Waals surface area contributed by atoms with Gasteiger partial charge in [0.1, 0.15) is 0 Å². The molecule has 1 aromatic rings. The van der Waals surface area contributed by atoms with Crippen LogP contribution in [0.25, 0.3) is 0 Å². The lowest BCUT2D eigenvalue weighted by Crippen LogP contribution is -2.38. The van der Waals surface area contributed by atoms with Crippen molar-refractivity contribution in [2.75, 3.05) is 13.7 Å². The fraction of sp³-hybridized carbons (Fsp3) is 0.458. The average molecular weight is 440 g/mol. The Morgan fingerprint density at radius 2 is 2.06 bits per heavy atom. The van der Waals surface area contributed by atoms with Crippen molar-refractivity contribution < 1.29 is 14.3 Å². The first-order valence-electron chi connectivity index (χ1n) is 10.8. The number of carbonyl (C=O) groups is 2. The number of nitrogens with one attached hydrogen (secondary N) is 1. The number of fused-ring (bicyclic) bond motifs is 1. The van der Waals surface area contributed by atoms with Gasteiger partial charge in [-0.3, -0.25) is 4.79 Å². The third-order valence-corrected chi connectivity index (χ3v) is 6.87. The summed E-state index contributed by atoms with van der Waals surface area (Å²) in [6.45, 7) is 6.84. The molecule has 1 unspecified atom stereocenters. The lowest BCUT2D eigenvalue weighted by Gasteiger charge is -2.37. The molecule has 1 fully saturated rings. The van der Waals surface area contributed by atoms with Crippen molar-refractivity contribution in [3.8, 4) is 0 Å². The largest absolute Gasteiger partial charge is 0.466 e. The van der Waals surface area contributed by atoms with Crippen LogP contribution in [0.3, 0.4) is 0 Å². The second kappa shape index (κ2) is 8.91. The van der Waals surface area contributed by atoms with Crippen LogP contribution in [0.4, 0.5) is 0 Å². The smallest absolute Gasteiger partial charge is 0.338 e. The van der Waals surface area contributed by atoms with E-state index in [2.05, 4.69) is 35.3 Å². The lowest BCUT2D eigenvalue weighted by atomic mass is 9.89. The van der Waals surface area contributed by atoms with Crippen LogP contribution < -0.4 is 5.32 Å². The summed E-state index contributed by atoms with van der Waals surface area (Å²) >= 11 is 1.51. The Hall–Kier alpha value is -2.54. The highest BCUT2D eigenvalue weighted by molar-refractivity contribution is 8.16. The number of nitrogens with zero attached hydrogens (tertiary/aromatic N) is 2. The van der Waals surface area contributed by atoms with Crippen molar-refractivity contribution in [2.24, 2.45) is 10.9 Å². The number of allylic oxidation sites excluding steroid dienone is 1. The molecular weight excluding hydrogens is 410 g/mol. The van der Waals surface area contributed by atoms with Crippen molar-refractivity contribution in [2.45, 2.75) is 52.5 Å². The second-order valence-corrected chi connectivity index (χ2v) is 9.22. The van der Waals surface area contributed by atoms with E-state index in [1.54, 1.807) is 0 Å². The van der Waals surface area contributed by atoms with E-state index in [1.165, 1.54) is 31.7 Å². The van der Waals surface area contributed by atoms with Gasteiger partial charge in [0.25, 0.3) is 0 Å². The van der Waals surface area contributed by atoms with E-state index < -0.39 is 0 Å². The van der Waals surface area contributed by atoms with E-state index in [-0.39, 0.29) is 24.3 Å². The highest BCUT2D eigenvalue weighted by atomic mass is 32.2. The van der Waals surface area contributed by atoms with Crippen molar-refractivity contribution in [1.82, 2.24) is 10.2 Å². The number of ether oxygens (including phenoxy) is 1. The predicted molar refractivity (Wildman–Crippen MR) is 123 cm³/mol. The normalized spacial score (nSPS) is 20.3. The average Bonchev–Trinajstić information content (AvgIpc) is 3.52. The molecule has 1 aliphatic carbocycles. The lowest BCUT2D eigenvalue weighted by molar-refractivity contribution is -0.136. The number of aliphatic imine (C=N–C) groups is 1. The number of benzene rings is 1. The third kappa shape index (κ3) is 4.42. The topological polar surface area (TPSA) is 71.0 Å². The van der Waals surface area contributed by atoms with E-state index in [0.29, 0.717) is 17.9 Å². The molecule has 0 saturated heterocycles. The van der Waals surface area contributed by atoms with Gasteiger partial charge in [0.05, 0.1) is 30.8 Å². The number of hydrogen-bond donors (Lipinski definition) is 1. The number of esters is 1. The standard InChI is InChI=1S/C24H29N3O3S/c1-5-19-21(23(29)30-4)22(18-10-14(2)6-7-15(18)3)27-17(13-31-24(27)26-19)11-20(28)25-12-16-8-9-16/h6-7,10,13,16,22H,5,8-9,11-12H2,1-4H3,(H,25,28). The number of carbonyl (C=O) groups excluding carboxylic acids is 2. The van der Waals surface area contributed by atoms with Gasteiger partial charge in [-0.25, -0.2) is 9.79 Å². The van der Waals surface area contributed by atoms with Crippen LogP contribution in [-0.4, -0.2) is 35.6 Å². The summed E-state index contributed by atoms with van der Waals surface area (Å²) in [5.74, 6) is 0.260. The van der Waals surface area contributed by atoms with Gasteiger partial charge in [0, 0.05) is 12.2 Å². The Labute approximate surface area is 187 Å². The van der Waals surface area contributed by atoms with Crippen LogP contribution in [0.5, 0.6) is 0 Å². The maximum atomic E-state index is 12.9. The summed E-state index contributed by atoms with van der Waals surface area (Å²) in [4.78, 5) is 32.4. The number of amides is 1. The van der Waals surface area contributed by atoms with Crippen LogP contribution in [-0.2, 0) is 14.3 Å². The Kier molecular flexibility index (Phi) is 6.23. The highest BCUT2D eigenvalue weighted by Crippen LogP contribution is 2.46. The monoisotopic (exact) mass is 439 g/mol. The number of aryl methyl sites for hydroxylation is 2. The van der Waals surface area contributed by atoms with Crippen molar-refractivity contribution >= 4 is 28.8 Å². The van der Waals surface area contributed by atoms with E-state index in [0.717, 1.165) is 39.8 Å². The molecule has 0 aromatic heterocycles. The first-order valence-corrected chi connectivity index (χ1v) is 11.7. The zero-order valence-corrected chi connectivity index (χ0v) is 19.3. The first-order chi connectivity index (χ1) is 14.9. The molecule has 1 N–H and O–H groups in total. The van der Waals surface area contributed by atoms with Gasteiger partial charge in [-0.2, -0.15) is 0 Å². The zero-order valence-electron chi connectivity index (χ0n) is 18.5.